The number of nitrogens with zero attached hydrogens (tertiary/aromatic N) is 4. The van der Waals surface area contributed by atoms with Gasteiger partial charge < -0.3 is 25.4 Å². The van der Waals surface area contributed by atoms with Gasteiger partial charge in [-0.3, -0.25) is 4.57 Å². The summed E-state index contributed by atoms with van der Waals surface area (Å²) in [6.07, 6.45) is 0.776. The van der Waals surface area contributed by atoms with Crippen LogP contribution in [0.1, 0.15) is 0 Å². The van der Waals surface area contributed by atoms with Crippen LogP contribution in [0.3, 0.4) is 0 Å². The van der Waals surface area contributed by atoms with E-state index in [1.165, 1.54) is 13.4 Å². The molecule has 0 radical (unpaired) electrons. The van der Waals surface area contributed by atoms with Crippen molar-refractivity contribution in [2.24, 2.45) is 0 Å². The normalized spacial score (nSPS) is 29.1. The number of anilines is 1. The van der Waals surface area contributed by atoms with E-state index >= 15 is 0 Å². The predicted molar refractivity (Wildman–Crippen MR) is 81.1 cm³/mol. The van der Waals surface area contributed by atoms with Crippen molar-refractivity contribution in [2.75, 3.05) is 26.1 Å². The fourth-order valence-electron chi connectivity index (χ4n) is 2.42. The van der Waals surface area contributed by atoms with E-state index < -0.39 is 11.8 Å². The molecular weight excluding hydrogens is 393 g/mol. The molecule has 0 unspecified atom stereocenters. The number of fused-ring (bicyclic) bond motifs is 1. The summed E-state index contributed by atoms with van der Waals surface area (Å²) in [5.74, 6) is 0.269. The topological polar surface area (TPSA) is 129 Å². The number of nitrogen functional groups attached to an aromatic ring is 1. The monoisotopic (exact) mass is 407 g/mol. The van der Waals surface area contributed by atoms with E-state index in [-0.39, 0.29) is 29.0 Å². The molecule has 1 fully saturated rings. The lowest BCUT2D eigenvalue weighted by atomic mass is 10.1. The average Bonchev–Trinajstić information content (AvgIpc) is 3.02. The van der Waals surface area contributed by atoms with Gasteiger partial charge in [0.25, 0.3) is 0 Å². The Morgan fingerprint density at radius 3 is 2.95 bits per heavy atom. The van der Waals surface area contributed by atoms with Crippen molar-refractivity contribution in [3.63, 3.8) is 0 Å². The molecule has 114 valence electrons. The number of ether oxygens (including phenoxy) is 2. The highest BCUT2D eigenvalue weighted by Gasteiger charge is 2.50. The Labute approximate surface area is 133 Å². The minimum atomic E-state index is -1.15. The summed E-state index contributed by atoms with van der Waals surface area (Å²) in [7, 11) is 1.46. The third kappa shape index (κ3) is 2.05. The number of nitrogens with two attached hydrogens (primary N) is 1. The molecule has 4 N–H and O–H groups in total. The number of alkyl halides is 1. The lowest BCUT2D eigenvalue weighted by molar-refractivity contribution is -0.0918. The van der Waals surface area contributed by atoms with Crippen LogP contribution in [0.4, 0.5) is 5.95 Å². The van der Waals surface area contributed by atoms with Crippen LogP contribution in [0.15, 0.2) is 6.33 Å². The maximum absolute atomic E-state index is 9.93. The molecule has 1 saturated heterocycles. The van der Waals surface area contributed by atoms with Gasteiger partial charge in [0.05, 0.1) is 36.7 Å². The van der Waals surface area contributed by atoms with Gasteiger partial charge in [0, 0.05) is 0 Å². The number of imidazole rings is 1. The molecule has 0 saturated carbocycles. The number of hydrogen-bond donors (Lipinski definition) is 3. The van der Waals surface area contributed by atoms with Gasteiger partial charge in [-0.15, -0.1) is 0 Å². The van der Waals surface area contributed by atoms with E-state index in [1.54, 1.807) is 4.57 Å². The molecular formula is C11H14IN5O4. The quantitative estimate of drug-likeness (QED) is 0.448. The van der Waals surface area contributed by atoms with E-state index in [2.05, 4.69) is 15.0 Å². The molecule has 0 amide bonds. The molecule has 2 aromatic heterocycles. The molecule has 2 aromatic rings. The van der Waals surface area contributed by atoms with Crippen molar-refractivity contribution in [3.8, 4) is 5.88 Å². The zero-order valence-electron chi connectivity index (χ0n) is 11.1. The first-order valence-corrected chi connectivity index (χ1v) is 7.40. The van der Waals surface area contributed by atoms with Crippen LogP contribution in [0.25, 0.3) is 11.2 Å². The highest BCUT2D eigenvalue weighted by Crippen LogP contribution is 2.39. The van der Waals surface area contributed by atoms with Gasteiger partial charge in [-0.25, -0.2) is 4.98 Å². The summed E-state index contributed by atoms with van der Waals surface area (Å²) < 4.78 is 12.0. The van der Waals surface area contributed by atoms with E-state index in [1.807, 2.05) is 22.6 Å². The molecule has 21 heavy (non-hydrogen) atoms. The number of rotatable bonds is 3. The van der Waals surface area contributed by atoms with E-state index in [4.69, 9.17) is 15.2 Å². The Balaban J connectivity index is 2.23. The molecule has 0 aliphatic carbocycles. The molecule has 3 heterocycles. The fourth-order valence-corrected chi connectivity index (χ4v) is 3.30. The van der Waals surface area contributed by atoms with Crippen LogP contribution in [0.5, 0.6) is 5.88 Å². The Bertz CT molecular complexity index is 680. The first kappa shape index (κ1) is 14.7. The smallest absolute Gasteiger partial charge is 0.246 e. The number of hydrogen-bond acceptors (Lipinski definition) is 8. The largest absolute Gasteiger partial charge is 0.479 e. The molecule has 0 spiro atoms. The average molecular weight is 407 g/mol. The minimum absolute atomic E-state index is 0.0257. The maximum atomic E-state index is 9.93. The molecule has 1 aliphatic heterocycles. The van der Waals surface area contributed by atoms with Crippen molar-refractivity contribution in [3.05, 3.63) is 6.33 Å². The summed E-state index contributed by atoms with van der Waals surface area (Å²) in [6.45, 7) is -0.221. The van der Waals surface area contributed by atoms with Crippen molar-refractivity contribution in [1.82, 2.24) is 19.5 Å². The van der Waals surface area contributed by atoms with E-state index in [9.17, 15) is 10.2 Å². The fraction of sp³-hybridized carbons (Fsp3) is 0.545. The van der Waals surface area contributed by atoms with E-state index in [0.29, 0.717) is 11.2 Å². The van der Waals surface area contributed by atoms with Gasteiger partial charge in [0.2, 0.25) is 11.8 Å². The Morgan fingerprint density at radius 2 is 2.38 bits per heavy atom. The standard InChI is InChI=1S/C11H14IN5O4/c1-20-9-6-8(15-10(13)16-9)17(4-14-6)11(3-18)7(12)5(19)2-21-11/h4-5,7,18-19H,2-3H2,1H3,(H2,13,15,16)/t5-,7+,11-/m0/s1. The predicted octanol–water partition coefficient (Wildman–Crippen LogP) is -0.743. The first-order chi connectivity index (χ1) is 10.0. The second-order valence-corrected chi connectivity index (χ2v) is 6.00. The number of aliphatic hydroxyl groups excluding tert-OH is 2. The van der Waals surface area contributed by atoms with Crippen molar-refractivity contribution in [1.29, 1.82) is 0 Å². The maximum Gasteiger partial charge on any atom is 0.246 e. The van der Waals surface area contributed by atoms with Gasteiger partial charge in [-0.2, -0.15) is 9.97 Å². The van der Waals surface area contributed by atoms with Gasteiger partial charge >= 0.3 is 0 Å². The van der Waals surface area contributed by atoms with Gasteiger partial charge in [0.1, 0.15) is 0 Å². The number of aliphatic hydroxyl groups is 2. The summed E-state index contributed by atoms with van der Waals surface area (Å²) in [5, 5.41) is 19.8. The second kappa shape index (κ2) is 5.19. The zero-order valence-corrected chi connectivity index (χ0v) is 13.3. The number of aromatic nitrogens is 4. The Kier molecular flexibility index (Phi) is 3.63. The lowest BCUT2D eigenvalue weighted by Crippen LogP contribution is -2.45. The third-order valence-corrected chi connectivity index (χ3v) is 5.29. The third-order valence-electron chi connectivity index (χ3n) is 3.48. The van der Waals surface area contributed by atoms with Crippen LogP contribution in [-0.2, 0) is 10.5 Å². The Hall–Kier alpha value is -1.24. The lowest BCUT2D eigenvalue weighted by Gasteiger charge is -2.31. The van der Waals surface area contributed by atoms with Crippen molar-refractivity contribution >= 4 is 39.7 Å². The van der Waals surface area contributed by atoms with E-state index in [0.717, 1.165) is 0 Å². The molecule has 9 nitrogen and oxygen atoms in total. The van der Waals surface area contributed by atoms with Crippen LogP contribution in [-0.4, -0.2) is 60.1 Å². The molecule has 0 aromatic carbocycles. The summed E-state index contributed by atoms with van der Waals surface area (Å²) in [4.78, 5) is 12.3. The van der Waals surface area contributed by atoms with Crippen LogP contribution >= 0.6 is 22.6 Å². The molecule has 1 aliphatic rings. The van der Waals surface area contributed by atoms with Gasteiger partial charge in [-0.1, -0.05) is 22.6 Å². The summed E-state index contributed by atoms with van der Waals surface area (Å²) >= 11 is 2.04. The van der Waals surface area contributed by atoms with Crippen LogP contribution in [0.2, 0.25) is 0 Å². The first-order valence-electron chi connectivity index (χ1n) is 6.15. The highest BCUT2D eigenvalue weighted by atomic mass is 127. The summed E-state index contributed by atoms with van der Waals surface area (Å²) in [6, 6.07) is 0. The highest BCUT2D eigenvalue weighted by molar-refractivity contribution is 14.1. The second-order valence-electron chi connectivity index (χ2n) is 4.66. The SMILES string of the molecule is COc1nc(N)nc2c1ncn2[C@@]1(CO)OC[C@H](O)[C@H]1I. The molecule has 0 bridgehead atoms. The Morgan fingerprint density at radius 1 is 1.62 bits per heavy atom. The molecule has 3 rings (SSSR count). The van der Waals surface area contributed by atoms with Gasteiger partial charge in [0.15, 0.2) is 16.9 Å². The minimum Gasteiger partial charge on any atom is -0.479 e. The number of halogens is 1. The van der Waals surface area contributed by atoms with Gasteiger partial charge in [-0.05, 0) is 0 Å². The van der Waals surface area contributed by atoms with Crippen LogP contribution < -0.4 is 10.5 Å². The number of methoxy groups -OCH3 is 1. The van der Waals surface area contributed by atoms with Crippen molar-refractivity contribution in [2.45, 2.75) is 15.8 Å². The molecule has 3 atom stereocenters. The zero-order chi connectivity index (χ0) is 15.2. The molecule has 10 heteroatoms. The van der Waals surface area contributed by atoms with Crippen molar-refractivity contribution < 1.29 is 19.7 Å². The van der Waals surface area contributed by atoms with Crippen LogP contribution in [0, 0.1) is 0 Å². The summed E-state index contributed by atoms with van der Waals surface area (Å²) in [5.41, 5.74) is 5.31.